The normalized spacial score (nSPS) is 10.7. The second-order valence-corrected chi connectivity index (χ2v) is 5.41. The first-order chi connectivity index (χ1) is 10.1. The molecule has 0 spiro atoms. The summed E-state index contributed by atoms with van der Waals surface area (Å²) in [5, 5.41) is 10.7. The SMILES string of the molecule is Nc1cc(Sc2ncnc3ccccc23)ccc1C(=O)O. The zero-order valence-corrected chi connectivity index (χ0v) is 11.7. The molecule has 3 rings (SSSR count). The van der Waals surface area contributed by atoms with E-state index in [0.29, 0.717) is 0 Å². The lowest BCUT2D eigenvalue weighted by atomic mass is 10.2. The van der Waals surface area contributed by atoms with E-state index in [1.807, 2.05) is 24.3 Å². The van der Waals surface area contributed by atoms with Crippen molar-refractivity contribution in [3.05, 3.63) is 54.4 Å². The van der Waals surface area contributed by atoms with Crippen LogP contribution in [0.5, 0.6) is 0 Å². The Morgan fingerprint density at radius 3 is 2.71 bits per heavy atom. The number of nitrogens with two attached hydrogens (primary N) is 1. The smallest absolute Gasteiger partial charge is 0.337 e. The van der Waals surface area contributed by atoms with E-state index in [2.05, 4.69) is 9.97 Å². The van der Waals surface area contributed by atoms with Crippen molar-refractivity contribution in [3.8, 4) is 0 Å². The average molecular weight is 297 g/mol. The molecule has 0 aliphatic heterocycles. The Morgan fingerprint density at radius 1 is 1.14 bits per heavy atom. The summed E-state index contributed by atoms with van der Waals surface area (Å²) in [7, 11) is 0. The Morgan fingerprint density at radius 2 is 1.95 bits per heavy atom. The number of carboxylic acid groups (broad SMARTS) is 1. The number of fused-ring (bicyclic) bond motifs is 1. The largest absolute Gasteiger partial charge is 0.478 e. The summed E-state index contributed by atoms with van der Waals surface area (Å²) in [5.74, 6) is -1.03. The third-order valence-electron chi connectivity index (χ3n) is 2.97. The monoisotopic (exact) mass is 297 g/mol. The summed E-state index contributed by atoms with van der Waals surface area (Å²) in [6, 6.07) is 12.6. The quantitative estimate of drug-likeness (QED) is 0.570. The van der Waals surface area contributed by atoms with Crippen molar-refractivity contribution in [2.24, 2.45) is 0 Å². The van der Waals surface area contributed by atoms with Gasteiger partial charge in [0.15, 0.2) is 0 Å². The number of aromatic carboxylic acids is 1. The fourth-order valence-electron chi connectivity index (χ4n) is 1.97. The maximum atomic E-state index is 11.0. The van der Waals surface area contributed by atoms with Crippen LogP contribution in [0.1, 0.15) is 10.4 Å². The van der Waals surface area contributed by atoms with Crippen LogP contribution in [0.25, 0.3) is 10.9 Å². The predicted molar refractivity (Wildman–Crippen MR) is 81.5 cm³/mol. The van der Waals surface area contributed by atoms with Gasteiger partial charge in [0, 0.05) is 16.0 Å². The molecule has 0 amide bonds. The number of hydrogen-bond donors (Lipinski definition) is 2. The molecule has 0 fully saturated rings. The van der Waals surface area contributed by atoms with Gasteiger partial charge in [-0.25, -0.2) is 14.8 Å². The van der Waals surface area contributed by atoms with E-state index in [9.17, 15) is 4.79 Å². The van der Waals surface area contributed by atoms with Gasteiger partial charge in [-0.2, -0.15) is 0 Å². The van der Waals surface area contributed by atoms with E-state index in [4.69, 9.17) is 10.8 Å². The summed E-state index contributed by atoms with van der Waals surface area (Å²) in [4.78, 5) is 20.3. The third kappa shape index (κ3) is 2.66. The lowest BCUT2D eigenvalue weighted by Crippen LogP contribution is -2.01. The van der Waals surface area contributed by atoms with Crippen molar-refractivity contribution in [1.82, 2.24) is 9.97 Å². The molecule has 1 aromatic heterocycles. The molecule has 0 radical (unpaired) electrons. The summed E-state index contributed by atoms with van der Waals surface area (Å²) in [6.45, 7) is 0. The number of carboxylic acids is 1. The zero-order valence-electron chi connectivity index (χ0n) is 10.9. The topological polar surface area (TPSA) is 89.1 Å². The first-order valence-electron chi connectivity index (χ1n) is 6.15. The molecule has 2 aromatic carbocycles. The fraction of sp³-hybridized carbons (Fsp3) is 0. The van der Waals surface area contributed by atoms with Gasteiger partial charge < -0.3 is 10.8 Å². The van der Waals surface area contributed by atoms with Gasteiger partial charge in [-0.1, -0.05) is 30.0 Å². The van der Waals surface area contributed by atoms with Crippen LogP contribution in [0.3, 0.4) is 0 Å². The molecule has 0 saturated carbocycles. The molecule has 0 unspecified atom stereocenters. The highest BCUT2D eigenvalue weighted by molar-refractivity contribution is 7.99. The summed E-state index contributed by atoms with van der Waals surface area (Å²) in [6.07, 6.45) is 1.51. The van der Waals surface area contributed by atoms with Crippen molar-refractivity contribution in [3.63, 3.8) is 0 Å². The average Bonchev–Trinajstić information content (AvgIpc) is 2.47. The van der Waals surface area contributed by atoms with Crippen LogP contribution in [0.4, 0.5) is 5.69 Å². The highest BCUT2D eigenvalue weighted by atomic mass is 32.2. The number of hydrogen-bond acceptors (Lipinski definition) is 5. The number of benzene rings is 2. The summed E-state index contributed by atoms with van der Waals surface area (Å²) in [5.41, 5.74) is 6.97. The first kappa shape index (κ1) is 13.4. The van der Waals surface area contributed by atoms with Gasteiger partial charge in [-0.3, -0.25) is 0 Å². The van der Waals surface area contributed by atoms with Gasteiger partial charge in [0.1, 0.15) is 11.4 Å². The third-order valence-corrected chi connectivity index (χ3v) is 3.98. The van der Waals surface area contributed by atoms with Crippen molar-refractivity contribution in [2.75, 3.05) is 5.73 Å². The Labute approximate surface area is 124 Å². The van der Waals surface area contributed by atoms with Gasteiger partial charge in [0.25, 0.3) is 0 Å². The van der Waals surface area contributed by atoms with E-state index in [1.54, 1.807) is 12.1 Å². The minimum Gasteiger partial charge on any atom is -0.478 e. The molecule has 0 saturated heterocycles. The number of anilines is 1. The molecule has 0 atom stereocenters. The van der Waals surface area contributed by atoms with Crippen LogP contribution >= 0.6 is 11.8 Å². The highest BCUT2D eigenvalue weighted by Gasteiger charge is 2.10. The molecule has 3 N–H and O–H groups in total. The minimum atomic E-state index is -1.03. The minimum absolute atomic E-state index is 0.104. The van der Waals surface area contributed by atoms with Crippen LogP contribution in [-0.4, -0.2) is 21.0 Å². The molecule has 6 heteroatoms. The fourth-order valence-corrected chi connectivity index (χ4v) is 2.90. The highest BCUT2D eigenvalue weighted by Crippen LogP contribution is 2.32. The molecule has 5 nitrogen and oxygen atoms in total. The first-order valence-corrected chi connectivity index (χ1v) is 6.97. The van der Waals surface area contributed by atoms with Gasteiger partial charge in [0.05, 0.1) is 11.1 Å². The van der Waals surface area contributed by atoms with Gasteiger partial charge >= 0.3 is 5.97 Å². The van der Waals surface area contributed by atoms with E-state index < -0.39 is 5.97 Å². The van der Waals surface area contributed by atoms with Crippen molar-refractivity contribution in [1.29, 1.82) is 0 Å². The number of nitrogens with zero attached hydrogens (tertiary/aromatic N) is 2. The molecule has 21 heavy (non-hydrogen) atoms. The van der Waals surface area contributed by atoms with Crippen LogP contribution in [0.15, 0.2) is 58.7 Å². The van der Waals surface area contributed by atoms with Crippen molar-refractivity contribution < 1.29 is 9.90 Å². The van der Waals surface area contributed by atoms with Gasteiger partial charge in [-0.15, -0.1) is 0 Å². The van der Waals surface area contributed by atoms with Crippen molar-refractivity contribution >= 4 is 34.3 Å². The summed E-state index contributed by atoms with van der Waals surface area (Å²) >= 11 is 1.43. The molecular weight excluding hydrogens is 286 g/mol. The van der Waals surface area contributed by atoms with Crippen LogP contribution in [0, 0.1) is 0 Å². The maximum absolute atomic E-state index is 11.0. The van der Waals surface area contributed by atoms with Gasteiger partial charge in [0.2, 0.25) is 0 Å². The van der Waals surface area contributed by atoms with Crippen LogP contribution < -0.4 is 5.73 Å². The van der Waals surface area contributed by atoms with E-state index in [-0.39, 0.29) is 11.3 Å². The van der Waals surface area contributed by atoms with E-state index in [0.717, 1.165) is 20.8 Å². The lowest BCUT2D eigenvalue weighted by Gasteiger charge is -2.06. The standard InChI is InChI=1S/C15H11N3O2S/c16-12-7-9(5-6-10(12)15(19)20)21-14-11-3-1-2-4-13(11)17-8-18-14/h1-8H,16H2,(H,19,20). The zero-order chi connectivity index (χ0) is 14.8. The Bertz CT molecular complexity index is 831. The summed E-state index contributed by atoms with van der Waals surface area (Å²) < 4.78 is 0. The number of aromatic nitrogens is 2. The Kier molecular flexibility index (Phi) is 3.45. The second kappa shape index (κ2) is 5.41. The molecule has 0 bridgehead atoms. The van der Waals surface area contributed by atoms with Crippen LogP contribution in [0.2, 0.25) is 0 Å². The van der Waals surface area contributed by atoms with Crippen molar-refractivity contribution in [2.45, 2.75) is 9.92 Å². The number of para-hydroxylation sites is 1. The molecule has 0 aliphatic carbocycles. The van der Waals surface area contributed by atoms with E-state index in [1.165, 1.54) is 24.2 Å². The predicted octanol–water partition coefficient (Wildman–Crippen LogP) is 3.06. The lowest BCUT2D eigenvalue weighted by molar-refractivity contribution is 0.0698. The molecule has 0 aliphatic rings. The number of nitrogen functional groups attached to an aromatic ring is 1. The molecule has 1 heterocycles. The Hall–Kier alpha value is -2.60. The molecule has 104 valence electrons. The molecule has 3 aromatic rings. The Balaban J connectivity index is 1.99. The number of carbonyl (C=O) groups is 1. The molecular formula is C15H11N3O2S. The second-order valence-electron chi connectivity index (χ2n) is 4.35. The van der Waals surface area contributed by atoms with Crippen LogP contribution in [-0.2, 0) is 0 Å². The van der Waals surface area contributed by atoms with Gasteiger partial charge in [-0.05, 0) is 24.3 Å². The van der Waals surface area contributed by atoms with E-state index >= 15 is 0 Å². The maximum Gasteiger partial charge on any atom is 0.337 e. The number of rotatable bonds is 3.